The number of aliphatic imine (C=N–C) groups is 1. The first-order chi connectivity index (χ1) is 18.5. The van der Waals surface area contributed by atoms with Gasteiger partial charge in [-0.15, -0.1) is 6.58 Å². The molecule has 1 heterocycles. The smallest absolute Gasteiger partial charge is 0.252 e. The number of amides is 1. The molecule has 0 radical (unpaired) electrons. The predicted molar refractivity (Wildman–Crippen MR) is 151 cm³/mol. The zero-order valence-corrected chi connectivity index (χ0v) is 22.7. The highest BCUT2D eigenvalue weighted by atomic mass is 79.9. The van der Waals surface area contributed by atoms with Crippen molar-refractivity contribution in [1.82, 2.24) is 5.32 Å². The van der Waals surface area contributed by atoms with Crippen molar-refractivity contribution < 1.29 is 19.4 Å². The summed E-state index contributed by atoms with van der Waals surface area (Å²) < 4.78 is 13.0. The van der Waals surface area contributed by atoms with Gasteiger partial charge in [0.2, 0.25) is 5.90 Å². The molecule has 1 aliphatic heterocycles. The Labute approximate surface area is 231 Å². The third-order valence-corrected chi connectivity index (χ3v) is 7.78. The van der Waals surface area contributed by atoms with Crippen molar-refractivity contribution in [2.75, 3.05) is 13.2 Å². The fourth-order valence-electron chi connectivity index (χ4n) is 5.17. The molecule has 0 fully saturated rings. The summed E-state index contributed by atoms with van der Waals surface area (Å²) in [6, 6.07) is 23.5. The van der Waals surface area contributed by atoms with Gasteiger partial charge < -0.3 is 19.9 Å². The molecule has 0 aromatic heterocycles. The average molecular weight is 576 g/mol. The summed E-state index contributed by atoms with van der Waals surface area (Å²) in [6.07, 6.45) is 3.56. The molecule has 0 spiro atoms. The number of carbonyl (C=O) groups excluding carboxylic acids is 1. The molecule has 0 saturated carbocycles. The minimum absolute atomic E-state index is 0.00365. The Morgan fingerprint density at radius 1 is 1.11 bits per heavy atom. The van der Waals surface area contributed by atoms with Crippen LogP contribution in [0.2, 0.25) is 0 Å². The Balaban J connectivity index is 1.47. The molecular weight excluding hydrogens is 544 g/mol. The molecule has 5 rings (SSSR count). The van der Waals surface area contributed by atoms with Gasteiger partial charge in [-0.05, 0) is 54.3 Å². The van der Waals surface area contributed by atoms with Gasteiger partial charge in [0.25, 0.3) is 5.91 Å². The van der Waals surface area contributed by atoms with Crippen LogP contribution in [0.25, 0.3) is 0 Å². The van der Waals surface area contributed by atoms with Crippen molar-refractivity contribution in [3.63, 3.8) is 0 Å². The number of aliphatic hydroxyl groups excluding tert-OH is 1. The van der Waals surface area contributed by atoms with Crippen LogP contribution < -0.4 is 10.1 Å². The van der Waals surface area contributed by atoms with Crippen LogP contribution in [0, 0.1) is 0 Å². The van der Waals surface area contributed by atoms with Crippen molar-refractivity contribution in [2.24, 2.45) is 4.99 Å². The number of halogens is 1. The lowest BCUT2D eigenvalue weighted by atomic mass is 9.84. The zero-order chi connectivity index (χ0) is 26.5. The summed E-state index contributed by atoms with van der Waals surface area (Å²) in [5.41, 5.74) is 2.93. The third-order valence-electron chi connectivity index (χ3n) is 7.06. The van der Waals surface area contributed by atoms with E-state index in [1.54, 1.807) is 6.08 Å². The van der Waals surface area contributed by atoms with E-state index in [1.165, 1.54) is 11.1 Å². The van der Waals surface area contributed by atoms with Crippen LogP contribution in [0.3, 0.4) is 0 Å². The van der Waals surface area contributed by atoms with E-state index in [2.05, 4.69) is 40.0 Å². The largest absolute Gasteiger partial charge is 0.494 e. The van der Waals surface area contributed by atoms with Crippen LogP contribution in [-0.4, -0.2) is 41.7 Å². The van der Waals surface area contributed by atoms with Gasteiger partial charge in [0, 0.05) is 41.1 Å². The number of carbonyl (C=O) groups is 1. The lowest BCUT2D eigenvalue weighted by molar-refractivity contribution is -0.129. The Bertz CT molecular complexity index is 1310. The van der Waals surface area contributed by atoms with Crippen molar-refractivity contribution in [1.29, 1.82) is 0 Å². The van der Waals surface area contributed by atoms with E-state index in [1.807, 2.05) is 60.7 Å². The second-order valence-corrected chi connectivity index (χ2v) is 10.5. The highest BCUT2D eigenvalue weighted by molar-refractivity contribution is 9.10. The Morgan fingerprint density at radius 3 is 2.45 bits per heavy atom. The van der Waals surface area contributed by atoms with Gasteiger partial charge in [0.1, 0.15) is 5.75 Å². The maximum absolute atomic E-state index is 14.1. The van der Waals surface area contributed by atoms with E-state index in [9.17, 15) is 4.79 Å². The van der Waals surface area contributed by atoms with E-state index < -0.39 is 11.6 Å². The molecule has 6 nitrogen and oxygen atoms in total. The molecular formula is C31H31BrN2O4. The fraction of sp³-hybridized carbons (Fsp3) is 0.290. The Morgan fingerprint density at radius 2 is 1.79 bits per heavy atom. The summed E-state index contributed by atoms with van der Waals surface area (Å²) >= 11 is 3.66. The van der Waals surface area contributed by atoms with Crippen LogP contribution in [0.1, 0.15) is 41.2 Å². The maximum atomic E-state index is 14.1. The maximum Gasteiger partial charge on any atom is 0.252 e. The van der Waals surface area contributed by atoms with Gasteiger partial charge in [0.15, 0.2) is 11.6 Å². The second-order valence-electron chi connectivity index (χ2n) is 9.65. The van der Waals surface area contributed by atoms with Gasteiger partial charge >= 0.3 is 0 Å². The molecule has 0 saturated heterocycles. The molecule has 1 amide bonds. The SMILES string of the molecule is C=CC[C@@]1(C(=O)NC2Cc3ccccc3C2)N=C(c2ccc(OCCCO)cc2)O[C@@H]1c1ccccc1Br. The van der Waals surface area contributed by atoms with E-state index in [0.717, 1.165) is 28.4 Å². The number of aliphatic hydroxyl groups is 1. The molecule has 196 valence electrons. The molecule has 7 heteroatoms. The number of nitrogens with one attached hydrogen (secondary N) is 1. The van der Waals surface area contributed by atoms with Gasteiger partial charge in [-0.1, -0.05) is 64.5 Å². The first-order valence-electron chi connectivity index (χ1n) is 12.9. The van der Waals surface area contributed by atoms with Gasteiger partial charge in [-0.3, -0.25) is 4.79 Å². The number of nitrogens with zero attached hydrogens (tertiary/aromatic N) is 1. The topological polar surface area (TPSA) is 80.2 Å². The minimum Gasteiger partial charge on any atom is -0.494 e. The highest BCUT2D eigenvalue weighted by Gasteiger charge is 2.53. The molecule has 38 heavy (non-hydrogen) atoms. The summed E-state index contributed by atoms with van der Waals surface area (Å²) in [5, 5.41) is 12.3. The number of hydrogen-bond acceptors (Lipinski definition) is 5. The number of rotatable bonds is 10. The number of hydrogen-bond donors (Lipinski definition) is 2. The monoisotopic (exact) mass is 574 g/mol. The first-order valence-corrected chi connectivity index (χ1v) is 13.7. The minimum atomic E-state index is -1.22. The summed E-state index contributed by atoms with van der Waals surface area (Å²) in [4.78, 5) is 19.1. The molecule has 2 atom stereocenters. The molecule has 3 aromatic carbocycles. The molecule has 2 aliphatic rings. The predicted octanol–water partition coefficient (Wildman–Crippen LogP) is 5.33. The highest BCUT2D eigenvalue weighted by Crippen LogP contribution is 2.45. The van der Waals surface area contributed by atoms with Crippen molar-refractivity contribution >= 4 is 27.7 Å². The molecule has 0 bridgehead atoms. The summed E-state index contributed by atoms with van der Waals surface area (Å²) in [7, 11) is 0. The van der Waals surface area contributed by atoms with Crippen molar-refractivity contribution in [3.8, 4) is 5.75 Å². The van der Waals surface area contributed by atoms with Gasteiger partial charge in [-0.25, -0.2) is 4.99 Å². The second kappa shape index (κ2) is 11.5. The zero-order valence-electron chi connectivity index (χ0n) is 21.1. The molecule has 1 aliphatic carbocycles. The third kappa shape index (κ3) is 5.26. The van der Waals surface area contributed by atoms with Crippen LogP contribution >= 0.6 is 15.9 Å². The van der Waals surface area contributed by atoms with Crippen LogP contribution in [0.4, 0.5) is 0 Å². The van der Waals surface area contributed by atoms with E-state index in [4.69, 9.17) is 19.6 Å². The van der Waals surface area contributed by atoms with E-state index >= 15 is 0 Å². The van der Waals surface area contributed by atoms with Gasteiger partial charge in [-0.2, -0.15) is 0 Å². The average Bonchev–Trinajstić information content (AvgIpc) is 3.52. The number of ether oxygens (including phenoxy) is 2. The fourth-order valence-corrected chi connectivity index (χ4v) is 5.66. The molecule has 3 aromatic rings. The lowest BCUT2D eigenvalue weighted by Crippen LogP contribution is -2.51. The van der Waals surface area contributed by atoms with Crippen LogP contribution in [-0.2, 0) is 22.4 Å². The van der Waals surface area contributed by atoms with Crippen LogP contribution in [0.15, 0.2) is 94.9 Å². The lowest BCUT2D eigenvalue weighted by Gasteiger charge is -2.31. The van der Waals surface area contributed by atoms with Gasteiger partial charge in [0.05, 0.1) is 6.61 Å². The van der Waals surface area contributed by atoms with E-state index in [-0.39, 0.29) is 18.6 Å². The number of fused-ring (bicyclic) bond motifs is 1. The standard InChI is InChI=1S/C31H31BrN2O4/c1-2-16-31(30(36)33-24-19-22-8-3-4-9-23(22)20-24)28(26-10-5-6-11-27(26)32)38-29(34-31)21-12-14-25(15-13-21)37-18-7-17-35/h2-6,8-15,24,28,35H,1,7,16-20H2,(H,33,36)/t28-,31-/m1/s1. The first kappa shape index (κ1) is 26.2. The van der Waals surface area contributed by atoms with Crippen molar-refractivity contribution in [2.45, 2.75) is 43.4 Å². The van der Waals surface area contributed by atoms with Crippen LogP contribution in [0.5, 0.6) is 5.75 Å². The Kier molecular flexibility index (Phi) is 7.95. The molecule has 0 unspecified atom stereocenters. The molecule has 2 N–H and O–H groups in total. The van der Waals surface area contributed by atoms with Crippen molar-refractivity contribution in [3.05, 3.63) is 112 Å². The number of benzene rings is 3. The quantitative estimate of drug-likeness (QED) is 0.253. The normalized spacial score (nSPS) is 20.4. The summed E-state index contributed by atoms with van der Waals surface area (Å²) in [6.45, 7) is 4.48. The summed E-state index contributed by atoms with van der Waals surface area (Å²) in [5.74, 6) is 0.924. The Hall–Kier alpha value is -3.42. The van der Waals surface area contributed by atoms with E-state index in [0.29, 0.717) is 31.1 Å².